The second-order valence-corrected chi connectivity index (χ2v) is 5.52. The van der Waals surface area contributed by atoms with E-state index in [0.717, 1.165) is 29.9 Å². The summed E-state index contributed by atoms with van der Waals surface area (Å²) in [6.07, 6.45) is 3.76. The zero-order chi connectivity index (χ0) is 15.0. The van der Waals surface area contributed by atoms with Crippen LogP contribution < -0.4 is 4.90 Å². The Balaban J connectivity index is 2.04. The summed E-state index contributed by atoms with van der Waals surface area (Å²) in [6.45, 7) is 4.26. The summed E-state index contributed by atoms with van der Waals surface area (Å²) in [4.78, 5) is 18.2. The largest absolute Gasteiger partial charge is 0.478 e. The molecule has 2 heterocycles. The molecule has 0 unspecified atom stereocenters. The minimum atomic E-state index is -0.930. The minimum absolute atomic E-state index is 0.291. The van der Waals surface area contributed by atoms with E-state index in [1.54, 1.807) is 6.26 Å². The first-order valence-corrected chi connectivity index (χ1v) is 7.07. The number of nitrogens with zero attached hydrogens (tertiary/aromatic N) is 2. The van der Waals surface area contributed by atoms with E-state index in [1.807, 2.05) is 32.0 Å². The normalized spacial score (nSPS) is 14.2. The first-order valence-electron chi connectivity index (χ1n) is 7.07. The number of aryl methyl sites for hydroxylation is 2. The highest BCUT2D eigenvalue weighted by Crippen LogP contribution is 2.35. The molecule has 110 valence electrons. The van der Waals surface area contributed by atoms with Gasteiger partial charge in [0.1, 0.15) is 17.1 Å². The molecule has 3 rings (SSSR count). The molecule has 0 radical (unpaired) electrons. The van der Waals surface area contributed by atoms with Crippen LogP contribution in [0.3, 0.4) is 0 Å². The standard InChI is InChI=1S/C16H18N2O3/c1-10-8-11(2)17-15(14(10)16(19)20)18(12-5-6-12)9-13-4-3-7-21-13/h3-4,7-8,12H,5-6,9H2,1-2H3,(H,19,20). The monoisotopic (exact) mass is 286 g/mol. The van der Waals surface area contributed by atoms with Gasteiger partial charge in [0, 0.05) is 11.7 Å². The summed E-state index contributed by atoms with van der Waals surface area (Å²) in [5.74, 6) is 0.443. The van der Waals surface area contributed by atoms with Gasteiger partial charge in [-0.3, -0.25) is 0 Å². The van der Waals surface area contributed by atoms with Crippen molar-refractivity contribution in [2.75, 3.05) is 4.90 Å². The van der Waals surface area contributed by atoms with Crippen LogP contribution in [0.15, 0.2) is 28.9 Å². The van der Waals surface area contributed by atoms with E-state index in [1.165, 1.54) is 0 Å². The zero-order valence-electron chi connectivity index (χ0n) is 12.2. The number of hydrogen-bond acceptors (Lipinski definition) is 4. The van der Waals surface area contributed by atoms with Gasteiger partial charge in [-0.05, 0) is 50.5 Å². The van der Waals surface area contributed by atoms with Gasteiger partial charge in [0.15, 0.2) is 0 Å². The Hall–Kier alpha value is -2.30. The highest BCUT2D eigenvalue weighted by atomic mass is 16.4. The van der Waals surface area contributed by atoms with Crippen molar-refractivity contribution in [3.8, 4) is 0 Å². The third kappa shape index (κ3) is 2.77. The number of anilines is 1. The molecule has 5 heteroatoms. The lowest BCUT2D eigenvalue weighted by Gasteiger charge is -2.25. The molecule has 0 amide bonds. The summed E-state index contributed by atoms with van der Waals surface area (Å²) in [5, 5.41) is 9.52. The number of furan rings is 1. The van der Waals surface area contributed by atoms with E-state index >= 15 is 0 Å². The van der Waals surface area contributed by atoms with Crippen LogP contribution in [0.2, 0.25) is 0 Å². The van der Waals surface area contributed by atoms with E-state index in [2.05, 4.69) is 9.88 Å². The van der Waals surface area contributed by atoms with E-state index in [-0.39, 0.29) is 0 Å². The average molecular weight is 286 g/mol. The van der Waals surface area contributed by atoms with E-state index in [9.17, 15) is 9.90 Å². The van der Waals surface area contributed by atoms with Crippen LogP contribution in [0.5, 0.6) is 0 Å². The van der Waals surface area contributed by atoms with Crippen molar-refractivity contribution >= 4 is 11.8 Å². The SMILES string of the molecule is Cc1cc(C)c(C(=O)O)c(N(Cc2ccco2)C2CC2)n1. The van der Waals surface area contributed by atoms with Gasteiger partial charge < -0.3 is 14.4 Å². The third-order valence-corrected chi connectivity index (χ3v) is 3.71. The van der Waals surface area contributed by atoms with Gasteiger partial charge in [-0.1, -0.05) is 0 Å². The molecule has 0 saturated heterocycles. The Kier molecular flexibility index (Phi) is 3.41. The first-order chi connectivity index (χ1) is 10.1. The van der Waals surface area contributed by atoms with Crippen molar-refractivity contribution in [1.29, 1.82) is 0 Å². The smallest absolute Gasteiger partial charge is 0.339 e. The molecular formula is C16H18N2O3. The Morgan fingerprint density at radius 3 is 2.81 bits per heavy atom. The highest BCUT2D eigenvalue weighted by Gasteiger charge is 2.33. The van der Waals surface area contributed by atoms with Crippen LogP contribution in [-0.2, 0) is 6.54 Å². The van der Waals surface area contributed by atoms with Crippen molar-refractivity contribution < 1.29 is 14.3 Å². The summed E-state index contributed by atoms with van der Waals surface area (Å²) < 4.78 is 5.41. The number of aromatic nitrogens is 1. The zero-order valence-corrected chi connectivity index (χ0v) is 12.2. The lowest BCUT2D eigenvalue weighted by molar-refractivity contribution is 0.0696. The summed E-state index contributed by atoms with van der Waals surface area (Å²) >= 11 is 0. The molecule has 1 N–H and O–H groups in total. The number of aromatic carboxylic acids is 1. The molecule has 0 atom stereocenters. The Morgan fingerprint density at radius 2 is 2.24 bits per heavy atom. The Morgan fingerprint density at radius 1 is 1.48 bits per heavy atom. The van der Waals surface area contributed by atoms with Crippen molar-refractivity contribution in [3.63, 3.8) is 0 Å². The molecule has 2 aromatic heterocycles. The molecule has 0 aromatic carbocycles. The molecule has 1 aliphatic rings. The minimum Gasteiger partial charge on any atom is -0.478 e. The van der Waals surface area contributed by atoms with Crippen LogP contribution >= 0.6 is 0 Å². The third-order valence-electron chi connectivity index (χ3n) is 3.71. The van der Waals surface area contributed by atoms with Gasteiger partial charge >= 0.3 is 5.97 Å². The lowest BCUT2D eigenvalue weighted by atomic mass is 10.1. The Labute approximate surface area is 123 Å². The fourth-order valence-electron chi connectivity index (χ4n) is 2.62. The molecule has 0 bridgehead atoms. The van der Waals surface area contributed by atoms with Gasteiger partial charge in [0.2, 0.25) is 0 Å². The van der Waals surface area contributed by atoms with E-state index in [0.29, 0.717) is 24.0 Å². The van der Waals surface area contributed by atoms with Gasteiger partial charge in [0.05, 0.1) is 12.8 Å². The molecule has 1 saturated carbocycles. The second-order valence-electron chi connectivity index (χ2n) is 5.52. The quantitative estimate of drug-likeness (QED) is 0.914. The maximum atomic E-state index is 11.6. The predicted octanol–water partition coefficient (Wildman–Crippen LogP) is 3.16. The molecule has 2 aromatic rings. The number of rotatable bonds is 5. The summed E-state index contributed by atoms with van der Waals surface area (Å²) in [5.41, 5.74) is 1.87. The first kappa shape index (κ1) is 13.7. The second kappa shape index (κ2) is 5.24. The Bertz CT molecular complexity index is 660. The highest BCUT2D eigenvalue weighted by molar-refractivity contribution is 5.95. The number of carboxylic acids is 1. The summed E-state index contributed by atoms with van der Waals surface area (Å²) in [7, 11) is 0. The molecular weight excluding hydrogens is 268 g/mol. The topological polar surface area (TPSA) is 66.6 Å². The van der Waals surface area contributed by atoms with Gasteiger partial charge in [-0.2, -0.15) is 0 Å². The van der Waals surface area contributed by atoms with Gasteiger partial charge in [0.25, 0.3) is 0 Å². The van der Waals surface area contributed by atoms with E-state index in [4.69, 9.17) is 4.42 Å². The maximum Gasteiger partial charge on any atom is 0.339 e. The number of pyridine rings is 1. The van der Waals surface area contributed by atoms with Crippen LogP contribution in [0.4, 0.5) is 5.82 Å². The van der Waals surface area contributed by atoms with E-state index < -0.39 is 5.97 Å². The van der Waals surface area contributed by atoms with Crippen LogP contribution in [0.25, 0.3) is 0 Å². The van der Waals surface area contributed by atoms with Crippen molar-refractivity contribution in [1.82, 2.24) is 4.98 Å². The van der Waals surface area contributed by atoms with Crippen LogP contribution in [0, 0.1) is 13.8 Å². The number of hydrogen-bond donors (Lipinski definition) is 1. The maximum absolute atomic E-state index is 11.6. The molecule has 0 spiro atoms. The van der Waals surface area contributed by atoms with Crippen molar-refractivity contribution in [3.05, 3.63) is 47.0 Å². The van der Waals surface area contributed by atoms with Crippen molar-refractivity contribution in [2.24, 2.45) is 0 Å². The fraction of sp³-hybridized carbons (Fsp3) is 0.375. The lowest BCUT2D eigenvalue weighted by Crippen LogP contribution is -2.28. The van der Waals surface area contributed by atoms with Crippen molar-refractivity contribution in [2.45, 2.75) is 39.3 Å². The fourth-order valence-corrected chi connectivity index (χ4v) is 2.62. The number of carboxylic acid groups (broad SMARTS) is 1. The molecule has 1 fully saturated rings. The van der Waals surface area contributed by atoms with Gasteiger partial charge in [-0.15, -0.1) is 0 Å². The molecule has 1 aliphatic carbocycles. The molecule has 0 aliphatic heterocycles. The summed E-state index contributed by atoms with van der Waals surface area (Å²) in [6, 6.07) is 5.90. The number of carbonyl (C=O) groups is 1. The predicted molar refractivity (Wildman–Crippen MR) is 78.6 cm³/mol. The average Bonchev–Trinajstić information content (AvgIpc) is 3.11. The van der Waals surface area contributed by atoms with Crippen LogP contribution in [-0.4, -0.2) is 22.1 Å². The van der Waals surface area contributed by atoms with Gasteiger partial charge in [-0.25, -0.2) is 9.78 Å². The molecule has 5 nitrogen and oxygen atoms in total. The van der Waals surface area contributed by atoms with Crippen LogP contribution in [0.1, 0.15) is 40.2 Å². The molecule has 21 heavy (non-hydrogen) atoms.